The molecule has 1 saturated heterocycles. The van der Waals surface area contributed by atoms with Gasteiger partial charge in [-0.1, -0.05) is 46.7 Å². The first kappa shape index (κ1) is 11.6. The molecule has 0 amide bonds. The zero-order valence-corrected chi connectivity index (χ0v) is 9.76. The first-order valence-electron chi connectivity index (χ1n) is 5.46. The number of hydrogen-bond acceptors (Lipinski definition) is 1. The van der Waals surface area contributed by atoms with Gasteiger partial charge < -0.3 is 5.11 Å². The number of carboxylic acids is 1. The molecule has 1 N–H and O–H groups in total. The molecule has 0 radical (unpaired) electrons. The maximum atomic E-state index is 10.5. The third kappa shape index (κ3) is 2.31. The zero-order valence-electron chi connectivity index (χ0n) is 9.76. The minimum absolute atomic E-state index is 0.330. The lowest BCUT2D eigenvalue weighted by atomic mass is 9.44. The highest BCUT2D eigenvalue weighted by Crippen LogP contribution is 2.53. The molecule has 0 aromatic heterocycles. The molecule has 1 heterocycles. The number of aliphatic carboxylic acids is 1. The van der Waals surface area contributed by atoms with Gasteiger partial charge in [0.1, 0.15) is 6.71 Å². The van der Waals surface area contributed by atoms with E-state index in [2.05, 4.69) is 27.7 Å². The van der Waals surface area contributed by atoms with Crippen molar-refractivity contribution in [1.82, 2.24) is 0 Å². The Bertz CT molecular complexity index is 217. The van der Waals surface area contributed by atoms with Gasteiger partial charge in [0, 0.05) is 6.42 Å². The molecule has 0 bridgehead atoms. The lowest BCUT2D eigenvalue weighted by Crippen LogP contribution is -2.24. The summed E-state index contributed by atoms with van der Waals surface area (Å²) < 4.78 is 0. The van der Waals surface area contributed by atoms with Crippen LogP contribution in [0.1, 0.15) is 34.1 Å². The summed E-state index contributed by atoms with van der Waals surface area (Å²) in [7, 11) is 0. The van der Waals surface area contributed by atoms with Crippen LogP contribution >= 0.6 is 0 Å². The molecule has 0 saturated carbocycles. The van der Waals surface area contributed by atoms with E-state index in [1.54, 1.807) is 0 Å². The Kier molecular flexibility index (Phi) is 2.98. The molecule has 2 nitrogen and oxygen atoms in total. The second kappa shape index (κ2) is 3.60. The molecule has 1 rings (SSSR count). The van der Waals surface area contributed by atoms with Crippen molar-refractivity contribution in [2.75, 3.05) is 0 Å². The smallest absolute Gasteiger partial charge is 0.302 e. The summed E-state index contributed by atoms with van der Waals surface area (Å²) in [5.74, 6) is -0.660. The molecule has 0 unspecified atom stereocenters. The molecule has 0 atom stereocenters. The number of rotatable bonds is 3. The molecule has 1 aliphatic heterocycles. The van der Waals surface area contributed by atoms with Gasteiger partial charge in [-0.05, 0) is 10.8 Å². The standard InChI is InChI=1S/C11H21BO2/c1-10(2)7-12(6-5-9(13)14)8-11(10,3)4/h5-8H2,1-4H3,(H,13,14). The fourth-order valence-corrected chi connectivity index (χ4v) is 2.60. The Balaban J connectivity index is 2.51. The van der Waals surface area contributed by atoms with Crippen LogP contribution in [0.3, 0.4) is 0 Å². The molecule has 1 fully saturated rings. The highest BCUT2D eigenvalue weighted by atomic mass is 16.4. The quantitative estimate of drug-likeness (QED) is 0.704. The third-order valence-corrected chi connectivity index (χ3v) is 4.20. The van der Waals surface area contributed by atoms with Crippen LogP contribution in [0.2, 0.25) is 19.0 Å². The van der Waals surface area contributed by atoms with Crippen molar-refractivity contribution in [3.63, 3.8) is 0 Å². The topological polar surface area (TPSA) is 37.3 Å². The molecule has 0 aromatic carbocycles. The predicted octanol–water partition coefficient (Wildman–Crippen LogP) is 3.02. The Morgan fingerprint density at radius 2 is 1.64 bits per heavy atom. The number of hydrogen-bond donors (Lipinski definition) is 1. The average Bonchev–Trinajstić information content (AvgIpc) is 2.17. The number of carbonyl (C=O) groups is 1. The van der Waals surface area contributed by atoms with E-state index in [-0.39, 0.29) is 0 Å². The predicted molar refractivity (Wildman–Crippen MR) is 60.0 cm³/mol. The summed E-state index contributed by atoms with van der Waals surface area (Å²) in [6, 6.07) is 0. The van der Waals surface area contributed by atoms with Crippen molar-refractivity contribution >= 4 is 12.7 Å². The molecule has 1 aliphatic rings. The van der Waals surface area contributed by atoms with E-state index in [0.717, 1.165) is 6.32 Å². The first-order chi connectivity index (χ1) is 6.24. The number of carboxylic acid groups (broad SMARTS) is 1. The highest BCUT2D eigenvalue weighted by Gasteiger charge is 2.47. The van der Waals surface area contributed by atoms with Crippen LogP contribution in [-0.4, -0.2) is 17.8 Å². The van der Waals surface area contributed by atoms with Gasteiger partial charge in [-0.3, -0.25) is 4.79 Å². The van der Waals surface area contributed by atoms with Crippen molar-refractivity contribution in [3.05, 3.63) is 0 Å². The molecule has 3 heteroatoms. The Morgan fingerprint density at radius 1 is 1.21 bits per heavy atom. The van der Waals surface area contributed by atoms with Gasteiger partial charge in [0.15, 0.2) is 0 Å². The molecule has 0 aromatic rings. The zero-order chi connectivity index (χ0) is 11.0. The van der Waals surface area contributed by atoms with E-state index in [1.807, 2.05) is 0 Å². The van der Waals surface area contributed by atoms with Crippen LogP contribution in [0, 0.1) is 10.8 Å². The monoisotopic (exact) mass is 196 g/mol. The lowest BCUT2D eigenvalue weighted by molar-refractivity contribution is -0.136. The van der Waals surface area contributed by atoms with Gasteiger partial charge >= 0.3 is 5.97 Å². The minimum Gasteiger partial charge on any atom is -0.481 e. The van der Waals surface area contributed by atoms with Gasteiger partial charge in [-0.15, -0.1) is 0 Å². The van der Waals surface area contributed by atoms with Gasteiger partial charge in [-0.25, -0.2) is 0 Å². The summed E-state index contributed by atoms with van der Waals surface area (Å²) in [4.78, 5) is 10.5. The maximum Gasteiger partial charge on any atom is 0.302 e. The fourth-order valence-electron chi connectivity index (χ4n) is 2.60. The Labute approximate surface area is 87.2 Å². The minimum atomic E-state index is -0.660. The van der Waals surface area contributed by atoms with Crippen molar-refractivity contribution < 1.29 is 9.90 Å². The lowest BCUT2D eigenvalue weighted by Gasteiger charge is -2.35. The van der Waals surface area contributed by atoms with Gasteiger partial charge in [0.05, 0.1) is 0 Å². The second-order valence-corrected chi connectivity index (χ2v) is 5.97. The van der Waals surface area contributed by atoms with Crippen LogP contribution in [0.25, 0.3) is 0 Å². The third-order valence-electron chi connectivity index (χ3n) is 4.20. The largest absolute Gasteiger partial charge is 0.481 e. The van der Waals surface area contributed by atoms with Crippen LogP contribution in [0.15, 0.2) is 0 Å². The summed E-state index contributed by atoms with van der Waals surface area (Å²) >= 11 is 0. The van der Waals surface area contributed by atoms with E-state index in [4.69, 9.17) is 5.11 Å². The summed E-state index contributed by atoms with van der Waals surface area (Å²) in [5.41, 5.74) is 0.715. The van der Waals surface area contributed by atoms with Crippen LogP contribution in [0.5, 0.6) is 0 Å². The average molecular weight is 196 g/mol. The van der Waals surface area contributed by atoms with Gasteiger partial charge in [-0.2, -0.15) is 0 Å². The molecule has 80 valence electrons. The normalized spacial score (nSPS) is 23.9. The van der Waals surface area contributed by atoms with Crippen molar-refractivity contribution in [3.8, 4) is 0 Å². The van der Waals surface area contributed by atoms with Crippen LogP contribution < -0.4 is 0 Å². The van der Waals surface area contributed by atoms with Gasteiger partial charge in [0.2, 0.25) is 0 Å². The second-order valence-electron chi connectivity index (χ2n) is 5.97. The molecular formula is C11H21BO2. The van der Waals surface area contributed by atoms with E-state index in [0.29, 0.717) is 24.0 Å². The van der Waals surface area contributed by atoms with Crippen molar-refractivity contribution in [2.45, 2.75) is 53.1 Å². The first-order valence-corrected chi connectivity index (χ1v) is 5.46. The Hall–Kier alpha value is -0.465. The van der Waals surface area contributed by atoms with Gasteiger partial charge in [0.25, 0.3) is 0 Å². The van der Waals surface area contributed by atoms with E-state index >= 15 is 0 Å². The van der Waals surface area contributed by atoms with Crippen molar-refractivity contribution in [2.24, 2.45) is 10.8 Å². The highest BCUT2D eigenvalue weighted by molar-refractivity contribution is 6.60. The van der Waals surface area contributed by atoms with Crippen LogP contribution in [-0.2, 0) is 4.79 Å². The summed E-state index contributed by atoms with van der Waals surface area (Å²) in [5, 5.41) is 8.63. The fraction of sp³-hybridized carbons (Fsp3) is 0.909. The van der Waals surface area contributed by atoms with E-state index < -0.39 is 5.97 Å². The molecular weight excluding hydrogens is 175 g/mol. The Morgan fingerprint density at radius 3 is 2.00 bits per heavy atom. The molecule has 14 heavy (non-hydrogen) atoms. The maximum absolute atomic E-state index is 10.5. The van der Waals surface area contributed by atoms with Crippen LogP contribution in [0.4, 0.5) is 0 Å². The molecule has 0 aliphatic carbocycles. The summed E-state index contributed by atoms with van der Waals surface area (Å²) in [6.45, 7) is 9.80. The molecule has 0 spiro atoms. The summed E-state index contributed by atoms with van der Waals surface area (Å²) in [6.07, 6.45) is 3.53. The van der Waals surface area contributed by atoms with E-state index in [9.17, 15) is 4.79 Å². The van der Waals surface area contributed by atoms with E-state index in [1.165, 1.54) is 12.6 Å². The SMILES string of the molecule is CC1(C)CB(CCC(=O)O)CC1(C)C. The van der Waals surface area contributed by atoms with Crippen molar-refractivity contribution in [1.29, 1.82) is 0 Å².